The summed E-state index contributed by atoms with van der Waals surface area (Å²) in [5, 5.41) is 14.7. The standard InChI is InChI=1S/C20H24N4O6/c1-28-19(26)14-3-4-16(20(27)29-2)17(11-14)23-13-15(12-21)18(25)22-5-6-24-7-9-30-10-8-24/h3-4,11,13,23H,5-10H2,1-2H3,(H,22,25)/b15-13-. The van der Waals surface area contributed by atoms with Gasteiger partial charge in [-0.2, -0.15) is 5.26 Å². The molecule has 1 aromatic rings. The highest BCUT2D eigenvalue weighted by Crippen LogP contribution is 2.20. The molecular formula is C20H24N4O6. The Labute approximate surface area is 174 Å². The fourth-order valence-corrected chi connectivity index (χ4v) is 2.74. The predicted molar refractivity (Wildman–Crippen MR) is 107 cm³/mol. The first-order valence-corrected chi connectivity index (χ1v) is 9.26. The van der Waals surface area contributed by atoms with Crippen LogP contribution in [0.3, 0.4) is 0 Å². The number of nitrogens with zero attached hydrogens (tertiary/aromatic N) is 2. The van der Waals surface area contributed by atoms with Gasteiger partial charge in [0.05, 0.1) is 44.2 Å². The molecule has 0 spiro atoms. The van der Waals surface area contributed by atoms with Crippen molar-refractivity contribution in [2.45, 2.75) is 0 Å². The number of hydrogen-bond acceptors (Lipinski definition) is 9. The highest BCUT2D eigenvalue weighted by molar-refractivity contribution is 6.00. The second kappa shape index (κ2) is 11.5. The van der Waals surface area contributed by atoms with Crippen LogP contribution in [0.2, 0.25) is 0 Å². The van der Waals surface area contributed by atoms with Crippen molar-refractivity contribution in [1.82, 2.24) is 10.2 Å². The lowest BCUT2D eigenvalue weighted by atomic mass is 10.1. The van der Waals surface area contributed by atoms with Crippen LogP contribution in [0.15, 0.2) is 30.0 Å². The van der Waals surface area contributed by atoms with Crippen LogP contribution in [-0.2, 0) is 19.0 Å². The van der Waals surface area contributed by atoms with Crippen molar-refractivity contribution in [2.24, 2.45) is 0 Å². The molecule has 2 rings (SSSR count). The van der Waals surface area contributed by atoms with E-state index in [1.165, 1.54) is 38.6 Å². The van der Waals surface area contributed by atoms with Crippen molar-refractivity contribution in [3.8, 4) is 6.07 Å². The van der Waals surface area contributed by atoms with Gasteiger partial charge in [0.15, 0.2) is 0 Å². The molecule has 30 heavy (non-hydrogen) atoms. The second-order valence-electron chi connectivity index (χ2n) is 6.27. The third-order valence-electron chi connectivity index (χ3n) is 4.40. The number of nitrogens with one attached hydrogen (secondary N) is 2. The Morgan fingerprint density at radius 3 is 2.53 bits per heavy atom. The Hall–Kier alpha value is -3.42. The first kappa shape index (κ1) is 22.9. The molecule has 0 atom stereocenters. The number of benzene rings is 1. The minimum absolute atomic E-state index is 0.131. The van der Waals surface area contributed by atoms with Gasteiger partial charge in [0.1, 0.15) is 11.6 Å². The Morgan fingerprint density at radius 2 is 1.90 bits per heavy atom. The van der Waals surface area contributed by atoms with E-state index in [9.17, 15) is 19.6 Å². The number of amides is 1. The average molecular weight is 416 g/mol. The second-order valence-corrected chi connectivity index (χ2v) is 6.27. The van der Waals surface area contributed by atoms with Crippen molar-refractivity contribution in [1.29, 1.82) is 5.26 Å². The van der Waals surface area contributed by atoms with E-state index in [1.807, 2.05) is 6.07 Å². The van der Waals surface area contributed by atoms with Crippen LogP contribution >= 0.6 is 0 Å². The largest absolute Gasteiger partial charge is 0.465 e. The third kappa shape index (κ3) is 6.30. The number of carbonyl (C=O) groups is 3. The molecule has 0 aromatic heterocycles. The predicted octanol–water partition coefficient (Wildman–Crippen LogP) is 0.528. The summed E-state index contributed by atoms with van der Waals surface area (Å²) in [6, 6.07) is 6.00. The van der Waals surface area contributed by atoms with E-state index in [0.717, 1.165) is 13.1 Å². The summed E-state index contributed by atoms with van der Waals surface area (Å²) in [5.41, 5.74) is 0.329. The molecule has 1 amide bonds. The summed E-state index contributed by atoms with van der Waals surface area (Å²) in [6.45, 7) is 3.94. The number of nitriles is 1. The topological polar surface area (TPSA) is 130 Å². The van der Waals surface area contributed by atoms with E-state index in [-0.39, 0.29) is 22.4 Å². The van der Waals surface area contributed by atoms with Crippen molar-refractivity contribution in [3.05, 3.63) is 41.1 Å². The third-order valence-corrected chi connectivity index (χ3v) is 4.40. The SMILES string of the molecule is COC(=O)c1ccc(C(=O)OC)c(N/C=C(/C#N)C(=O)NCCN2CCOCC2)c1. The number of ether oxygens (including phenoxy) is 3. The fourth-order valence-electron chi connectivity index (χ4n) is 2.74. The Kier molecular flexibility index (Phi) is 8.80. The maximum atomic E-state index is 12.3. The smallest absolute Gasteiger partial charge is 0.339 e. The first-order chi connectivity index (χ1) is 14.5. The molecule has 1 saturated heterocycles. The highest BCUT2D eigenvalue weighted by atomic mass is 16.5. The van der Waals surface area contributed by atoms with Gasteiger partial charge in [-0.05, 0) is 18.2 Å². The van der Waals surface area contributed by atoms with Gasteiger partial charge >= 0.3 is 11.9 Å². The molecule has 160 valence electrons. The van der Waals surface area contributed by atoms with Gasteiger partial charge < -0.3 is 24.8 Å². The van der Waals surface area contributed by atoms with Gasteiger partial charge in [-0.15, -0.1) is 0 Å². The van der Waals surface area contributed by atoms with Gasteiger partial charge in [0.2, 0.25) is 0 Å². The van der Waals surface area contributed by atoms with Gasteiger partial charge in [0.25, 0.3) is 5.91 Å². The van der Waals surface area contributed by atoms with Crippen molar-refractivity contribution < 1.29 is 28.6 Å². The van der Waals surface area contributed by atoms with E-state index >= 15 is 0 Å². The monoisotopic (exact) mass is 416 g/mol. The molecule has 0 bridgehead atoms. The Bertz CT molecular complexity index is 855. The number of methoxy groups -OCH3 is 2. The molecule has 10 nitrogen and oxygen atoms in total. The zero-order valence-corrected chi connectivity index (χ0v) is 16.9. The van der Waals surface area contributed by atoms with Crippen LogP contribution in [0.5, 0.6) is 0 Å². The van der Waals surface area contributed by atoms with Crippen LogP contribution in [-0.4, -0.2) is 76.4 Å². The molecule has 1 aromatic carbocycles. The molecule has 10 heteroatoms. The normalized spacial score (nSPS) is 14.4. The van der Waals surface area contributed by atoms with Crippen LogP contribution in [0, 0.1) is 11.3 Å². The van der Waals surface area contributed by atoms with Crippen LogP contribution in [0.1, 0.15) is 20.7 Å². The lowest BCUT2D eigenvalue weighted by molar-refractivity contribution is -0.117. The molecule has 0 aliphatic carbocycles. The number of carbonyl (C=O) groups excluding carboxylic acids is 3. The van der Waals surface area contributed by atoms with Gasteiger partial charge in [0, 0.05) is 32.4 Å². The zero-order valence-electron chi connectivity index (χ0n) is 16.9. The van der Waals surface area contributed by atoms with Crippen LogP contribution < -0.4 is 10.6 Å². The molecule has 0 radical (unpaired) electrons. The number of esters is 2. The molecule has 1 heterocycles. The number of morpholine rings is 1. The summed E-state index contributed by atoms with van der Waals surface area (Å²) in [5.74, 6) is -1.79. The van der Waals surface area contributed by atoms with E-state index in [2.05, 4.69) is 20.3 Å². The van der Waals surface area contributed by atoms with Gasteiger partial charge in [-0.25, -0.2) is 9.59 Å². The molecule has 1 aliphatic rings. The molecule has 1 fully saturated rings. The van der Waals surface area contributed by atoms with Crippen molar-refractivity contribution >= 4 is 23.5 Å². The highest BCUT2D eigenvalue weighted by Gasteiger charge is 2.16. The average Bonchev–Trinajstić information content (AvgIpc) is 2.79. The van der Waals surface area contributed by atoms with Gasteiger partial charge in [-0.3, -0.25) is 9.69 Å². The first-order valence-electron chi connectivity index (χ1n) is 9.26. The lowest BCUT2D eigenvalue weighted by Crippen LogP contribution is -2.41. The minimum Gasteiger partial charge on any atom is -0.465 e. The molecule has 0 unspecified atom stereocenters. The van der Waals surface area contributed by atoms with E-state index < -0.39 is 17.8 Å². The summed E-state index contributed by atoms with van der Waals surface area (Å²) in [7, 11) is 2.46. The maximum Gasteiger partial charge on any atom is 0.339 e. The Morgan fingerprint density at radius 1 is 1.20 bits per heavy atom. The molecule has 0 saturated carbocycles. The molecule has 1 aliphatic heterocycles. The molecule has 2 N–H and O–H groups in total. The van der Waals surface area contributed by atoms with Gasteiger partial charge in [-0.1, -0.05) is 0 Å². The van der Waals surface area contributed by atoms with E-state index in [4.69, 9.17) is 9.47 Å². The fraction of sp³-hybridized carbons (Fsp3) is 0.400. The number of anilines is 1. The number of rotatable bonds is 8. The molecular weight excluding hydrogens is 392 g/mol. The quantitative estimate of drug-likeness (QED) is 0.354. The van der Waals surface area contributed by atoms with Crippen molar-refractivity contribution in [3.63, 3.8) is 0 Å². The van der Waals surface area contributed by atoms with Crippen LogP contribution in [0.25, 0.3) is 0 Å². The summed E-state index contributed by atoms with van der Waals surface area (Å²) >= 11 is 0. The van der Waals surface area contributed by atoms with E-state index in [0.29, 0.717) is 26.3 Å². The number of hydrogen-bond donors (Lipinski definition) is 2. The Balaban J connectivity index is 2.08. The summed E-state index contributed by atoms with van der Waals surface area (Å²) in [6.07, 6.45) is 1.17. The lowest BCUT2D eigenvalue weighted by Gasteiger charge is -2.26. The zero-order chi connectivity index (χ0) is 21.9. The summed E-state index contributed by atoms with van der Waals surface area (Å²) in [4.78, 5) is 38.2. The van der Waals surface area contributed by atoms with Crippen molar-refractivity contribution in [2.75, 3.05) is 58.9 Å². The summed E-state index contributed by atoms with van der Waals surface area (Å²) < 4.78 is 14.7. The van der Waals surface area contributed by atoms with Crippen LogP contribution in [0.4, 0.5) is 5.69 Å². The van der Waals surface area contributed by atoms with E-state index in [1.54, 1.807) is 0 Å². The minimum atomic E-state index is -0.643. The maximum absolute atomic E-state index is 12.3.